The first-order chi connectivity index (χ1) is 16.5. The summed E-state index contributed by atoms with van der Waals surface area (Å²) in [5, 5.41) is 43.4. The number of carbonyl (C=O) groups is 2. The molecule has 2 fully saturated rings. The minimum Gasteiger partial charge on any atom is -0.507 e. The smallest absolute Gasteiger partial charge is 0.308 e. The number of hydrogen-bond acceptors (Lipinski definition) is 6. The van der Waals surface area contributed by atoms with Crippen LogP contribution in [0.1, 0.15) is 91.2 Å². The van der Waals surface area contributed by atoms with Crippen LogP contribution in [0.4, 0.5) is 0 Å². The molecular weight excluding hydrogens is 460 g/mol. The normalized spacial score (nSPS) is 34.6. The highest BCUT2D eigenvalue weighted by Crippen LogP contribution is 2.66. The summed E-state index contributed by atoms with van der Waals surface area (Å²) in [6, 6.07) is 3.40. The third kappa shape index (κ3) is 4.89. The van der Waals surface area contributed by atoms with E-state index < -0.39 is 34.5 Å². The Kier molecular flexibility index (Phi) is 7.62. The van der Waals surface area contributed by atoms with Crippen LogP contribution in [0.2, 0.25) is 0 Å². The van der Waals surface area contributed by atoms with E-state index in [0.717, 1.165) is 18.4 Å². The third-order valence-corrected chi connectivity index (χ3v) is 9.91. The number of phenols is 1. The van der Waals surface area contributed by atoms with Crippen molar-refractivity contribution in [2.75, 3.05) is 0 Å². The molecule has 0 bridgehead atoms. The number of carboxylic acids is 1. The molecule has 0 radical (unpaired) electrons. The van der Waals surface area contributed by atoms with Crippen LogP contribution in [0.5, 0.6) is 11.5 Å². The van der Waals surface area contributed by atoms with Gasteiger partial charge in [-0.3, -0.25) is 9.59 Å². The van der Waals surface area contributed by atoms with Crippen LogP contribution >= 0.6 is 0 Å². The molecule has 1 unspecified atom stereocenters. The molecule has 202 valence electrons. The average Bonchev–Trinajstić information content (AvgIpc) is 2.73. The SMILES string of the molecule is CC(=O)Oc1cc(C)c(O)c(C[C@]2(C)[C@H]3CCC(O)(C(C)(C)O)[C@@H](CCC(=O)O)[C@]3(C)CC[C@@H]2C)c1. The predicted molar refractivity (Wildman–Crippen MR) is 137 cm³/mol. The van der Waals surface area contributed by atoms with Crippen LogP contribution in [0.25, 0.3) is 0 Å². The predicted octanol–water partition coefficient (Wildman–Crippen LogP) is 5.00. The van der Waals surface area contributed by atoms with E-state index >= 15 is 0 Å². The van der Waals surface area contributed by atoms with Gasteiger partial charge in [-0.2, -0.15) is 0 Å². The summed E-state index contributed by atoms with van der Waals surface area (Å²) in [5.74, 6) is -0.689. The zero-order valence-corrected chi connectivity index (χ0v) is 22.9. The number of rotatable bonds is 7. The second-order valence-corrected chi connectivity index (χ2v) is 12.5. The lowest BCUT2D eigenvalue weighted by Gasteiger charge is -2.66. The van der Waals surface area contributed by atoms with Crippen molar-refractivity contribution in [2.24, 2.45) is 28.6 Å². The molecule has 0 saturated heterocycles. The van der Waals surface area contributed by atoms with E-state index in [2.05, 4.69) is 20.8 Å². The number of aliphatic hydroxyl groups is 2. The molecule has 3 rings (SSSR count). The molecule has 36 heavy (non-hydrogen) atoms. The molecule has 0 amide bonds. The molecule has 1 aromatic rings. The van der Waals surface area contributed by atoms with E-state index in [0.29, 0.717) is 42.9 Å². The summed E-state index contributed by atoms with van der Waals surface area (Å²) < 4.78 is 5.34. The number of aryl methyl sites for hydroxylation is 1. The van der Waals surface area contributed by atoms with Crippen molar-refractivity contribution in [3.05, 3.63) is 23.3 Å². The maximum Gasteiger partial charge on any atom is 0.308 e. The zero-order chi connectivity index (χ0) is 27.3. The van der Waals surface area contributed by atoms with E-state index in [-0.39, 0.29) is 23.5 Å². The highest BCUT2D eigenvalue weighted by molar-refractivity contribution is 5.69. The van der Waals surface area contributed by atoms with Gasteiger partial charge in [-0.15, -0.1) is 0 Å². The second-order valence-electron chi connectivity index (χ2n) is 12.5. The molecule has 7 heteroatoms. The number of hydrogen-bond donors (Lipinski definition) is 4. The van der Waals surface area contributed by atoms with Crippen molar-refractivity contribution in [2.45, 2.75) is 105 Å². The average molecular weight is 505 g/mol. The molecule has 2 aliphatic carbocycles. The van der Waals surface area contributed by atoms with Crippen LogP contribution < -0.4 is 4.74 Å². The quantitative estimate of drug-likeness (QED) is 0.304. The summed E-state index contributed by atoms with van der Waals surface area (Å²) in [4.78, 5) is 23.1. The number of carbonyl (C=O) groups excluding carboxylic acids is 1. The number of esters is 1. The Morgan fingerprint density at radius 2 is 1.81 bits per heavy atom. The van der Waals surface area contributed by atoms with Crippen molar-refractivity contribution >= 4 is 11.9 Å². The second kappa shape index (κ2) is 9.64. The number of aliphatic carboxylic acids is 1. The Balaban J connectivity index is 2.08. The largest absolute Gasteiger partial charge is 0.507 e. The molecule has 7 nitrogen and oxygen atoms in total. The van der Waals surface area contributed by atoms with Gasteiger partial charge in [0.15, 0.2) is 0 Å². The van der Waals surface area contributed by atoms with Gasteiger partial charge in [-0.25, -0.2) is 0 Å². The molecule has 1 aromatic carbocycles. The zero-order valence-electron chi connectivity index (χ0n) is 22.9. The monoisotopic (exact) mass is 504 g/mol. The lowest BCUT2D eigenvalue weighted by atomic mass is 9.40. The summed E-state index contributed by atoms with van der Waals surface area (Å²) in [6.45, 7) is 13.0. The molecule has 6 atom stereocenters. The van der Waals surface area contributed by atoms with Crippen LogP contribution in [-0.2, 0) is 16.0 Å². The van der Waals surface area contributed by atoms with Gasteiger partial charge >= 0.3 is 11.9 Å². The molecule has 0 aromatic heterocycles. The van der Waals surface area contributed by atoms with Crippen LogP contribution in [-0.4, -0.2) is 43.6 Å². The molecule has 2 saturated carbocycles. The van der Waals surface area contributed by atoms with Crippen molar-refractivity contribution < 1.29 is 34.8 Å². The van der Waals surface area contributed by atoms with E-state index in [1.165, 1.54) is 6.92 Å². The number of fused-ring (bicyclic) bond motifs is 1. The fourth-order valence-corrected chi connectivity index (χ4v) is 7.74. The van der Waals surface area contributed by atoms with E-state index in [9.17, 15) is 30.0 Å². The van der Waals surface area contributed by atoms with Gasteiger partial charge < -0.3 is 25.2 Å². The number of carboxylic acid groups (broad SMARTS) is 1. The molecular formula is C29H44O7. The number of ether oxygens (including phenoxy) is 1. The molecule has 0 aliphatic heterocycles. The van der Waals surface area contributed by atoms with Gasteiger partial charge in [-0.1, -0.05) is 20.8 Å². The van der Waals surface area contributed by atoms with Crippen LogP contribution in [0, 0.1) is 35.5 Å². The first-order valence-corrected chi connectivity index (χ1v) is 13.1. The summed E-state index contributed by atoms with van der Waals surface area (Å²) in [7, 11) is 0. The van der Waals surface area contributed by atoms with Crippen molar-refractivity contribution in [1.82, 2.24) is 0 Å². The number of aromatic hydroxyl groups is 1. The number of benzene rings is 1. The topological polar surface area (TPSA) is 124 Å². The lowest BCUT2D eigenvalue weighted by Crippen LogP contribution is -2.67. The standard InChI is InChI=1S/C29H44O7/c1-17-14-21(36-19(3)30)15-20(25(17)33)16-28(7)18(2)10-12-27(6)22(28)11-13-29(35,26(4,5)34)23(27)8-9-24(31)32/h14-15,18,22-23,33-35H,8-13,16H2,1-7H3,(H,31,32)/t18-,22-,23-,27+,28-,29?/m0/s1. The molecule has 4 N–H and O–H groups in total. The van der Waals surface area contributed by atoms with E-state index in [4.69, 9.17) is 4.74 Å². The van der Waals surface area contributed by atoms with Gasteiger partial charge in [-0.05, 0) is 111 Å². The minimum absolute atomic E-state index is 0.0674. The first kappa shape index (κ1) is 28.5. The van der Waals surface area contributed by atoms with Gasteiger partial charge in [0.1, 0.15) is 11.5 Å². The van der Waals surface area contributed by atoms with Crippen molar-refractivity contribution in [1.29, 1.82) is 0 Å². The Morgan fingerprint density at radius 3 is 2.36 bits per heavy atom. The summed E-state index contributed by atoms with van der Waals surface area (Å²) in [5.41, 5.74) is -2.09. The third-order valence-electron chi connectivity index (χ3n) is 9.91. The van der Waals surface area contributed by atoms with Crippen LogP contribution in [0.3, 0.4) is 0 Å². The van der Waals surface area contributed by atoms with Gasteiger partial charge in [0.2, 0.25) is 0 Å². The summed E-state index contributed by atoms with van der Waals surface area (Å²) >= 11 is 0. The highest BCUT2D eigenvalue weighted by atomic mass is 16.5. The molecule has 0 heterocycles. The summed E-state index contributed by atoms with van der Waals surface area (Å²) in [6.07, 6.45) is 3.56. The maximum absolute atomic E-state index is 11.9. The maximum atomic E-state index is 11.9. The fourth-order valence-electron chi connectivity index (χ4n) is 7.74. The lowest BCUT2D eigenvalue weighted by molar-refractivity contribution is -0.249. The molecule has 2 aliphatic rings. The Labute approximate surface area is 214 Å². The van der Waals surface area contributed by atoms with Gasteiger partial charge in [0.05, 0.1) is 11.2 Å². The Morgan fingerprint density at radius 1 is 1.17 bits per heavy atom. The highest BCUT2D eigenvalue weighted by Gasteiger charge is 2.64. The van der Waals surface area contributed by atoms with Gasteiger partial charge in [0.25, 0.3) is 0 Å². The Hall–Kier alpha value is -2.12. The minimum atomic E-state index is -1.40. The number of phenolic OH excluding ortho intramolecular Hbond substituents is 1. The van der Waals surface area contributed by atoms with Crippen molar-refractivity contribution in [3.63, 3.8) is 0 Å². The molecule has 0 spiro atoms. The van der Waals surface area contributed by atoms with E-state index in [1.807, 2.05) is 0 Å². The van der Waals surface area contributed by atoms with Crippen LogP contribution in [0.15, 0.2) is 12.1 Å². The first-order valence-electron chi connectivity index (χ1n) is 13.1. The Bertz CT molecular complexity index is 1010. The fraction of sp³-hybridized carbons (Fsp3) is 0.724. The van der Waals surface area contributed by atoms with Crippen molar-refractivity contribution in [3.8, 4) is 11.5 Å². The van der Waals surface area contributed by atoms with Gasteiger partial charge in [0, 0.05) is 13.3 Å². The van der Waals surface area contributed by atoms with E-state index in [1.54, 1.807) is 32.9 Å².